The van der Waals surface area contributed by atoms with Gasteiger partial charge in [0.25, 0.3) is 35.6 Å². The number of amidine groups is 1. The zero-order valence-corrected chi connectivity index (χ0v) is 23.1. The molecule has 0 aliphatic carbocycles. The minimum Gasteiger partial charge on any atom is -0.505 e. The van der Waals surface area contributed by atoms with Gasteiger partial charge in [-0.2, -0.15) is 25.3 Å². The summed E-state index contributed by atoms with van der Waals surface area (Å²) in [7, 11) is -14.9. The molecule has 3 aromatic carbocycles. The molecular formula is C19H14Cl2N6O10S3. The van der Waals surface area contributed by atoms with Crippen molar-refractivity contribution < 1.29 is 44.0 Å². The van der Waals surface area contributed by atoms with Gasteiger partial charge in [-0.3, -0.25) is 13.7 Å². The Morgan fingerprint density at radius 2 is 1.55 bits per heavy atom. The van der Waals surface area contributed by atoms with Gasteiger partial charge in [-0.15, -0.1) is 10.2 Å². The van der Waals surface area contributed by atoms with E-state index in [2.05, 4.69) is 30.8 Å². The molecule has 6 N–H and O–H groups in total. The van der Waals surface area contributed by atoms with Crippen LogP contribution in [0.1, 0.15) is 0 Å². The average Bonchev–Trinajstić information content (AvgIpc) is 2.81. The zero-order chi connectivity index (χ0) is 29.7. The van der Waals surface area contributed by atoms with Crippen LogP contribution >= 0.6 is 23.2 Å². The summed E-state index contributed by atoms with van der Waals surface area (Å²) in [6.07, 6.45) is 0.941. The molecule has 1 atom stereocenters. The number of phenolic OH excluding ortho intramolecular Hbond substituents is 1. The number of halogens is 2. The lowest BCUT2D eigenvalue weighted by Gasteiger charge is -2.28. The van der Waals surface area contributed by atoms with Crippen molar-refractivity contribution >= 4 is 93.0 Å². The summed E-state index contributed by atoms with van der Waals surface area (Å²) in [4.78, 5) is 4.85. The van der Waals surface area contributed by atoms with Crippen LogP contribution in [0.3, 0.4) is 0 Å². The van der Waals surface area contributed by atoms with Crippen molar-refractivity contribution in [2.45, 2.75) is 19.9 Å². The van der Waals surface area contributed by atoms with Crippen LogP contribution in [0.4, 0.5) is 17.1 Å². The molecule has 0 spiro atoms. The van der Waals surface area contributed by atoms with E-state index in [-0.39, 0.29) is 21.8 Å². The van der Waals surface area contributed by atoms with Gasteiger partial charge >= 0.3 is 0 Å². The summed E-state index contributed by atoms with van der Waals surface area (Å²) < 4.78 is 101. The average molecular weight is 653 g/mol. The molecule has 1 aliphatic rings. The summed E-state index contributed by atoms with van der Waals surface area (Å²) in [5, 5.41) is 20.3. The van der Waals surface area contributed by atoms with E-state index in [0.717, 1.165) is 30.6 Å². The highest BCUT2D eigenvalue weighted by Gasteiger charge is 2.32. The minimum absolute atomic E-state index is 0.252. The number of benzene rings is 3. The highest BCUT2D eigenvalue weighted by atomic mass is 35.5. The summed E-state index contributed by atoms with van der Waals surface area (Å²) in [6.45, 7) is 0. The molecule has 1 aliphatic heterocycles. The lowest BCUT2D eigenvalue weighted by Crippen LogP contribution is -2.48. The first kappa shape index (κ1) is 29.6. The van der Waals surface area contributed by atoms with E-state index < -0.39 is 67.4 Å². The van der Waals surface area contributed by atoms with E-state index in [9.17, 15) is 44.0 Å². The van der Waals surface area contributed by atoms with E-state index in [1.165, 1.54) is 12.1 Å². The van der Waals surface area contributed by atoms with Gasteiger partial charge in [0, 0.05) is 5.39 Å². The predicted molar refractivity (Wildman–Crippen MR) is 143 cm³/mol. The largest absolute Gasteiger partial charge is 0.505 e. The van der Waals surface area contributed by atoms with Gasteiger partial charge in [-0.05, 0) is 58.9 Å². The third kappa shape index (κ3) is 6.15. The van der Waals surface area contributed by atoms with Crippen LogP contribution in [0, 0.1) is 0 Å². The van der Waals surface area contributed by atoms with Gasteiger partial charge in [0.1, 0.15) is 27.5 Å². The third-order valence-corrected chi connectivity index (χ3v) is 8.15. The number of aliphatic imine (C=N–C) groups is 2. The molecular weight excluding hydrogens is 639 g/mol. The summed E-state index contributed by atoms with van der Waals surface area (Å²) in [6, 6.07) is 6.91. The van der Waals surface area contributed by atoms with Crippen LogP contribution in [0.5, 0.6) is 5.75 Å². The zero-order valence-electron chi connectivity index (χ0n) is 19.1. The fraction of sp³-hybridized carbons (Fsp3) is 0.0526. The van der Waals surface area contributed by atoms with Gasteiger partial charge in [-0.25, -0.2) is 9.98 Å². The van der Waals surface area contributed by atoms with E-state index in [0.29, 0.717) is 6.07 Å². The maximum absolute atomic E-state index is 12.2. The van der Waals surface area contributed by atoms with Crippen molar-refractivity contribution in [3.05, 3.63) is 42.5 Å². The summed E-state index contributed by atoms with van der Waals surface area (Å²) in [5.41, 5.74) is -1.78. The first-order valence-corrected chi connectivity index (χ1v) is 15.3. The molecule has 0 saturated carbocycles. The smallest absolute Gasteiger partial charge is 0.296 e. The molecule has 0 amide bonds. The fourth-order valence-electron chi connectivity index (χ4n) is 3.46. The highest BCUT2D eigenvalue weighted by molar-refractivity contribution is 7.86. The number of nitrogens with one attached hydrogen (secondary N) is 2. The Morgan fingerprint density at radius 3 is 2.15 bits per heavy atom. The van der Waals surface area contributed by atoms with Crippen LogP contribution < -0.4 is 10.6 Å². The standard InChI is InChI=1S/C19H14Cl2N6O10S3/c20-18-22-8-23-19(21,25-18)24-12-7-10(38(29,30)31)5-9-6-14(40(35,36)37)16(17(28)15(9)12)27-26-11-3-1-2-4-13(11)39(32,33)34/h1-8,24,28H,(H,22,23,25)(H,29,30,31)(H,32,33,34)(H,35,36,37). The summed E-state index contributed by atoms with van der Waals surface area (Å²) in [5.74, 6) is -1.03. The molecule has 0 bridgehead atoms. The quantitative estimate of drug-likeness (QED) is 0.0930. The van der Waals surface area contributed by atoms with Gasteiger partial charge in [0.15, 0.2) is 5.75 Å². The van der Waals surface area contributed by atoms with E-state index in [4.69, 9.17) is 23.2 Å². The first-order chi connectivity index (χ1) is 18.4. The van der Waals surface area contributed by atoms with Crippen LogP contribution in [0.25, 0.3) is 10.8 Å². The normalized spacial score (nSPS) is 18.1. The molecule has 21 heteroatoms. The van der Waals surface area contributed by atoms with Crippen LogP contribution in [-0.2, 0) is 30.4 Å². The molecule has 1 heterocycles. The number of rotatable bonds is 7. The number of fused-ring (bicyclic) bond motifs is 1. The van der Waals surface area contributed by atoms with Gasteiger partial charge in [-0.1, -0.05) is 12.1 Å². The number of alkyl halides is 1. The molecule has 0 saturated heterocycles. The lowest BCUT2D eigenvalue weighted by molar-refractivity contribution is 0.471. The maximum Gasteiger partial charge on any atom is 0.296 e. The van der Waals surface area contributed by atoms with E-state index in [1.54, 1.807) is 0 Å². The maximum atomic E-state index is 12.2. The van der Waals surface area contributed by atoms with Crippen molar-refractivity contribution in [1.82, 2.24) is 5.32 Å². The number of nitrogens with zero attached hydrogens (tertiary/aromatic N) is 4. The second kappa shape index (κ2) is 10.2. The van der Waals surface area contributed by atoms with Crippen molar-refractivity contribution in [3.8, 4) is 5.75 Å². The molecule has 0 radical (unpaired) electrons. The Balaban J connectivity index is 2.04. The Kier molecular flexibility index (Phi) is 7.53. The Labute approximate surface area is 235 Å². The van der Waals surface area contributed by atoms with E-state index in [1.807, 2.05) is 0 Å². The molecule has 212 valence electrons. The number of hydrogen-bond acceptors (Lipinski definition) is 13. The molecule has 4 rings (SSSR count). The van der Waals surface area contributed by atoms with Crippen molar-refractivity contribution in [1.29, 1.82) is 0 Å². The number of aromatic hydroxyl groups is 1. The molecule has 40 heavy (non-hydrogen) atoms. The molecule has 0 aromatic heterocycles. The topological polar surface area (TPSA) is 257 Å². The Bertz CT molecular complexity index is 1980. The third-order valence-electron chi connectivity index (χ3n) is 5.08. The number of hydrogen-bond donors (Lipinski definition) is 6. The molecule has 3 aromatic rings. The SMILES string of the molecule is O=S(=O)(O)c1cc(NC2(Cl)N=CN=C(Cl)N2)c2c(O)c(N=Nc3ccccc3S(=O)(=O)O)c(S(=O)(=O)O)cc2c1. The van der Waals surface area contributed by atoms with Gasteiger partial charge in [0.05, 0.1) is 10.6 Å². The Morgan fingerprint density at radius 1 is 0.900 bits per heavy atom. The van der Waals surface area contributed by atoms with Crippen molar-refractivity contribution in [2.24, 2.45) is 20.2 Å². The first-order valence-electron chi connectivity index (χ1n) is 10.2. The second-order valence-electron chi connectivity index (χ2n) is 7.77. The van der Waals surface area contributed by atoms with Gasteiger partial charge in [0.2, 0.25) is 5.29 Å². The number of phenols is 1. The molecule has 1 unspecified atom stereocenters. The van der Waals surface area contributed by atoms with Gasteiger partial charge < -0.3 is 15.7 Å². The number of anilines is 1. The van der Waals surface area contributed by atoms with E-state index >= 15 is 0 Å². The summed E-state index contributed by atoms with van der Waals surface area (Å²) >= 11 is 12.1. The van der Waals surface area contributed by atoms with Crippen molar-refractivity contribution in [3.63, 3.8) is 0 Å². The minimum atomic E-state index is -5.21. The van der Waals surface area contributed by atoms with Crippen LogP contribution in [0.15, 0.2) is 77.4 Å². The Hall–Kier alpha value is -3.43. The second-order valence-corrected chi connectivity index (χ2v) is 12.9. The van der Waals surface area contributed by atoms with Crippen molar-refractivity contribution in [2.75, 3.05) is 5.32 Å². The predicted octanol–water partition coefficient (Wildman–Crippen LogP) is 3.19. The lowest BCUT2D eigenvalue weighted by atomic mass is 10.1. The highest BCUT2D eigenvalue weighted by Crippen LogP contribution is 2.46. The number of azo groups is 1. The monoisotopic (exact) mass is 652 g/mol. The fourth-order valence-corrected chi connectivity index (χ4v) is 5.75. The molecule has 16 nitrogen and oxygen atoms in total. The van der Waals surface area contributed by atoms with Crippen LogP contribution in [0.2, 0.25) is 0 Å². The molecule has 0 fully saturated rings. The van der Waals surface area contributed by atoms with Crippen LogP contribution in [-0.4, -0.2) is 60.9 Å².